The topological polar surface area (TPSA) is 62.1 Å². The number of ether oxygens (including phenoxy) is 1. The molecule has 1 amide bonds. The predicted molar refractivity (Wildman–Crippen MR) is 76.8 cm³/mol. The molecule has 0 aromatic heterocycles. The SMILES string of the molecule is C=CCNC(=O)C(C#N)=CC1=Cc2ccccc2OC1. The normalized spacial score (nSPS) is 13.3. The van der Waals surface area contributed by atoms with Gasteiger partial charge in [0, 0.05) is 12.1 Å². The van der Waals surface area contributed by atoms with Gasteiger partial charge in [-0.05, 0) is 23.8 Å². The standard InChI is InChI=1S/C16H14N2O2/c1-2-7-18-16(19)14(10-17)9-12-8-13-5-3-4-6-15(13)20-11-12/h2-6,8-9H,1,7,11H2,(H,18,19). The second-order valence-corrected chi connectivity index (χ2v) is 4.21. The Kier molecular flexibility index (Phi) is 4.35. The van der Waals surface area contributed by atoms with Crippen molar-refractivity contribution < 1.29 is 9.53 Å². The summed E-state index contributed by atoms with van der Waals surface area (Å²) in [5, 5.41) is 11.6. The molecule has 0 radical (unpaired) electrons. The second-order valence-electron chi connectivity index (χ2n) is 4.21. The summed E-state index contributed by atoms with van der Waals surface area (Å²) in [7, 11) is 0. The van der Waals surface area contributed by atoms with Crippen LogP contribution in [0.5, 0.6) is 5.75 Å². The summed E-state index contributed by atoms with van der Waals surface area (Å²) >= 11 is 0. The van der Waals surface area contributed by atoms with Crippen LogP contribution in [0.2, 0.25) is 0 Å². The van der Waals surface area contributed by atoms with Crippen LogP contribution in [0.4, 0.5) is 0 Å². The number of hydrogen-bond acceptors (Lipinski definition) is 3. The van der Waals surface area contributed by atoms with Gasteiger partial charge < -0.3 is 10.1 Å². The van der Waals surface area contributed by atoms with E-state index in [4.69, 9.17) is 10.00 Å². The molecule has 20 heavy (non-hydrogen) atoms. The van der Waals surface area contributed by atoms with Crippen molar-refractivity contribution in [1.82, 2.24) is 5.32 Å². The zero-order valence-electron chi connectivity index (χ0n) is 10.9. The van der Waals surface area contributed by atoms with Crippen molar-refractivity contribution in [2.24, 2.45) is 0 Å². The quantitative estimate of drug-likeness (QED) is 0.516. The fraction of sp³-hybridized carbons (Fsp3) is 0.125. The van der Waals surface area contributed by atoms with Gasteiger partial charge in [0.25, 0.3) is 5.91 Å². The average Bonchev–Trinajstić information content (AvgIpc) is 2.50. The Morgan fingerprint density at radius 2 is 2.30 bits per heavy atom. The first kappa shape index (κ1) is 13.6. The lowest BCUT2D eigenvalue weighted by molar-refractivity contribution is -0.116. The first-order valence-corrected chi connectivity index (χ1v) is 6.18. The van der Waals surface area contributed by atoms with Gasteiger partial charge >= 0.3 is 0 Å². The third-order valence-electron chi connectivity index (χ3n) is 2.76. The van der Waals surface area contributed by atoms with Crippen LogP contribution in [0.15, 0.2) is 54.1 Å². The minimum atomic E-state index is -0.410. The van der Waals surface area contributed by atoms with E-state index >= 15 is 0 Å². The number of rotatable bonds is 4. The summed E-state index contributed by atoms with van der Waals surface area (Å²) in [5.41, 5.74) is 1.78. The Balaban J connectivity index is 2.22. The van der Waals surface area contributed by atoms with Gasteiger partial charge in [-0.25, -0.2) is 0 Å². The maximum Gasteiger partial charge on any atom is 0.262 e. The van der Waals surface area contributed by atoms with Crippen molar-refractivity contribution in [2.45, 2.75) is 0 Å². The molecule has 0 aliphatic carbocycles. The van der Waals surface area contributed by atoms with Gasteiger partial charge in [0.15, 0.2) is 0 Å². The van der Waals surface area contributed by atoms with Crippen molar-refractivity contribution in [1.29, 1.82) is 5.26 Å². The number of fused-ring (bicyclic) bond motifs is 1. The smallest absolute Gasteiger partial charge is 0.262 e. The molecule has 1 N–H and O–H groups in total. The lowest BCUT2D eigenvalue weighted by Crippen LogP contribution is -2.24. The second kappa shape index (κ2) is 6.39. The fourth-order valence-electron chi connectivity index (χ4n) is 1.81. The Hall–Kier alpha value is -2.80. The van der Waals surface area contributed by atoms with E-state index < -0.39 is 5.91 Å². The number of hydrogen-bond donors (Lipinski definition) is 1. The summed E-state index contributed by atoms with van der Waals surface area (Å²) in [6, 6.07) is 9.52. The molecule has 100 valence electrons. The van der Waals surface area contributed by atoms with Crippen molar-refractivity contribution in [3.05, 3.63) is 59.7 Å². The molecule has 0 saturated heterocycles. The molecular weight excluding hydrogens is 252 g/mol. The average molecular weight is 266 g/mol. The number of nitriles is 1. The number of carbonyl (C=O) groups is 1. The largest absolute Gasteiger partial charge is 0.488 e. The Labute approximate surface area is 117 Å². The zero-order chi connectivity index (χ0) is 14.4. The van der Waals surface area contributed by atoms with E-state index in [-0.39, 0.29) is 5.57 Å². The Bertz CT molecular complexity index is 636. The van der Waals surface area contributed by atoms with E-state index in [2.05, 4.69) is 11.9 Å². The van der Waals surface area contributed by atoms with Crippen LogP contribution >= 0.6 is 0 Å². The summed E-state index contributed by atoms with van der Waals surface area (Å²) in [4.78, 5) is 11.7. The van der Waals surface area contributed by atoms with E-state index in [1.807, 2.05) is 36.4 Å². The maximum atomic E-state index is 11.7. The Morgan fingerprint density at radius 1 is 1.50 bits per heavy atom. The van der Waals surface area contributed by atoms with Gasteiger partial charge in [-0.2, -0.15) is 5.26 Å². The van der Waals surface area contributed by atoms with Crippen molar-refractivity contribution in [2.75, 3.05) is 13.2 Å². The van der Waals surface area contributed by atoms with Gasteiger partial charge in [-0.3, -0.25) is 4.79 Å². The van der Waals surface area contributed by atoms with Crippen molar-refractivity contribution >= 4 is 12.0 Å². The lowest BCUT2D eigenvalue weighted by atomic mass is 10.1. The minimum absolute atomic E-state index is 0.0566. The first-order chi connectivity index (χ1) is 9.74. The van der Waals surface area contributed by atoms with Crippen LogP contribution in [-0.4, -0.2) is 19.1 Å². The van der Waals surface area contributed by atoms with Gasteiger partial charge in [0.1, 0.15) is 24.0 Å². The highest BCUT2D eigenvalue weighted by molar-refractivity contribution is 5.98. The summed E-state index contributed by atoms with van der Waals surface area (Å²) in [5.74, 6) is 0.395. The molecular formula is C16H14N2O2. The van der Waals surface area contributed by atoms with Crippen LogP contribution in [0.25, 0.3) is 6.08 Å². The van der Waals surface area contributed by atoms with Crippen LogP contribution in [0, 0.1) is 11.3 Å². The molecule has 1 aromatic rings. The van der Waals surface area contributed by atoms with Crippen molar-refractivity contribution in [3.63, 3.8) is 0 Å². The predicted octanol–water partition coefficient (Wildman–Crippen LogP) is 2.21. The third kappa shape index (κ3) is 3.15. The molecule has 4 heteroatoms. The van der Waals surface area contributed by atoms with Crippen LogP contribution in [-0.2, 0) is 4.79 Å². The summed E-state index contributed by atoms with van der Waals surface area (Å²) in [6.07, 6.45) is 5.03. The molecule has 4 nitrogen and oxygen atoms in total. The summed E-state index contributed by atoms with van der Waals surface area (Å²) < 4.78 is 5.57. The molecule has 0 unspecified atom stereocenters. The van der Waals surface area contributed by atoms with Gasteiger partial charge in [-0.1, -0.05) is 24.3 Å². The highest BCUT2D eigenvalue weighted by Crippen LogP contribution is 2.26. The minimum Gasteiger partial charge on any atom is -0.488 e. The monoisotopic (exact) mass is 266 g/mol. The number of para-hydroxylation sites is 1. The van der Waals surface area contributed by atoms with Crippen LogP contribution in [0.3, 0.4) is 0 Å². The molecule has 0 saturated carbocycles. The van der Waals surface area contributed by atoms with Gasteiger partial charge in [0.2, 0.25) is 0 Å². The molecule has 0 atom stereocenters. The highest BCUT2D eigenvalue weighted by Gasteiger charge is 2.12. The van der Waals surface area contributed by atoms with Gasteiger partial charge in [0.05, 0.1) is 0 Å². The fourth-order valence-corrected chi connectivity index (χ4v) is 1.81. The number of amides is 1. The number of benzene rings is 1. The van der Waals surface area contributed by atoms with Crippen LogP contribution < -0.4 is 10.1 Å². The van der Waals surface area contributed by atoms with E-state index in [0.29, 0.717) is 13.2 Å². The first-order valence-electron chi connectivity index (χ1n) is 6.18. The van der Waals surface area contributed by atoms with E-state index in [0.717, 1.165) is 16.9 Å². The molecule has 1 aromatic carbocycles. The van der Waals surface area contributed by atoms with Crippen molar-refractivity contribution in [3.8, 4) is 11.8 Å². The molecule has 0 fully saturated rings. The number of nitrogens with one attached hydrogen (secondary N) is 1. The van der Waals surface area contributed by atoms with Gasteiger partial charge in [-0.15, -0.1) is 6.58 Å². The van der Waals surface area contributed by atoms with Crippen LogP contribution in [0.1, 0.15) is 5.56 Å². The van der Waals surface area contributed by atoms with E-state index in [1.54, 1.807) is 12.2 Å². The molecule has 1 aliphatic rings. The van der Waals surface area contributed by atoms with E-state index in [9.17, 15) is 4.79 Å². The number of carbonyl (C=O) groups excluding carboxylic acids is 1. The molecule has 1 aliphatic heterocycles. The highest BCUT2D eigenvalue weighted by atomic mass is 16.5. The zero-order valence-corrected chi connectivity index (χ0v) is 10.9. The third-order valence-corrected chi connectivity index (χ3v) is 2.76. The molecule has 0 spiro atoms. The lowest BCUT2D eigenvalue weighted by Gasteiger charge is -2.15. The van der Waals surface area contributed by atoms with E-state index in [1.165, 1.54) is 0 Å². The molecule has 0 bridgehead atoms. The number of nitrogens with zero attached hydrogens (tertiary/aromatic N) is 1. The molecule has 1 heterocycles. The molecule has 2 rings (SSSR count). The Morgan fingerprint density at radius 3 is 3.05 bits per heavy atom. The maximum absolute atomic E-state index is 11.7. The summed E-state index contributed by atoms with van der Waals surface area (Å²) in [6.45, 7) is 4.18.